The summed E-state index contributed by atoms with van der Waals surface area (Å²) in [6.07, 6.45) is 0. The zero-order valence-electron chi connectivity index (χ0n) is 15.5. The fourth-order valence-electron chi connectivity index (χ4n) is 3.12. The van der Waals surface area contributed by atoms with Crippen molar-refractivity contribution in [2.24, 2.45) is 0 Å². The average molecular weight is 386 g/mol. The summed E-state index contributed by atoms with van der Waals surface area (Å²) in [5.74, 6) is -1.13. The van der Waals surface area contributed by atoms with Crippen molar-refractivity contribution in [3.8, 4) is 0 Å². The molecule has 0 aliphatic rings. The monoisotopic (exact) mass is 386 g/mol. The molecule has 0 aliphatic heterocycles. The highest BCUT2D eigenvalue weighted by Crippen LogP contribution is 2.26. The van der Waals surface area contributed by atoms with Crippen molar-refractivity contribution in [2.75, 3.05) is 13.7 Å². The zero-order valence-corrected chi connectivity index (χ0v) is 16.4. The molecule has 0 saturated heterocycles. The predicted octanol–water partition coefficient (Wildman–Crippen LogP) is 3.59. The number of ether oxygens (including phenoxy) is 1. The number of carbonyl (C=O) groups is 2. The van der Waals surface area contributed by atoms with E-state index in [1.807, 2.05) is 18.2 Å². The highest BCUT2D eigenvalue weighted by atomic mass is 32.1. The number of carboxylic acids is 1. The number of methoxy groups -OCH3 is 1. The minimum Gasteiger partial charge on any atom is -0.477 e. The fourth-order valence-corrected chi connectivity index (χ4v) is 3.91. The normalized spacial score (nSPS) is 11.1. The lowest BCUT2D eigenvalue weighted by molar-refractivity contribution is 0.0702. The number of thiophene rings is 1. The summed E-state index contributed by atoms with van der Waals surface area (Å²) in [6, 6.07) is 8.97. The van der Waals surface area contributed by atoms with Crippen LogP contribution in [0.25, 0.3) is 10.9 Å². The zero-order chi connectivity index (χ0) is 19.6. The van der Waals surface area contributed by atoms with Crippen molar-refractivity contribution in [2.45, 2.75) is 26.9 Å². The first-order chi connectivity index (χ1) is 12.9. The Hall–Kier alpha value is -2.64. The molecule has 3 aromatic rings. The molecule has 0 aliphatic carbocycles. The molecule has 0 radical (unpaired) electrons. The third-order valence-corrected chi connectivity index (χ3v) is 5.79. The minimum absolute atomic E-state index is 0.177. The molecule has 0 fully saturated rings. The Bertz CT molecular complexity index is 1000. The summed E-state index contributed by atoms with van der Waals surface area (Å²) in [7, 11) is 1.68. The average Bonchev–Trinajstić information content (AvgIpc) is 3.23. The lowest BCUT2D eigenvalue weighted by Gasteiger charge is -2.08. The van der Waals surface area contributed by atoms with Crippen LogP contribution in [0.5, 0.6) is 0 Å². The van der Waals surface area contributed by atoms with Crippen LogP contribution in [-0.2, 0) is 17.8 Å². The van der Waals surface area contributed by atoms with Crippen molar-refractivity contribution in [1.29, 1.82) is 0 Å². The van der Waals surface area contributed by atoms with Gasteiger partial charge in [0.1, 0.15) is 4.88 Å². The summed E-state index contributed by atoms with van der Waals surface area (Å²) in [5, 5.41) is 12.9. The number of carbonyl (C=O) groups excluding carboxylic acids is 1. The van der Waals surface area contributed by atoms with Crippen molar-refractivity contribution in [3.05, 3.63) is 56.9 Å². The van der Waals surface area contributed by atoms with Crippen LogP contribution in [0.3, 0.4) is 0 Å². The number of rotatable bonds is 7. The van der Waals surface area contributed by atoms with Crippen molar-refractivity contribution < 1.29 is 19.4 Å². The number of carboxylic acid groups (broad SMARTS) is 1. The number of aryl methyl sites for hydroxylation is 1. The first-order valence-corrected chi connectivity index (χ1v) is 9.42. The lowest BCUT2D eigenvalue weighted by Crippen LogP contribution is -2.22. The molecule has 0 saturated carbocycles. The van der Waals surface area contributed by atoms with E-state index in [-0.39, 0.29) is 10.8 Å². The number of benzene rings is 1. The van der Waals surface area contributed by atoms with Crippen molar-refractivity contribution >= 4 is 34.1 Å². The van der Waals surface area contributed by atoms with E-state index >= 15 is 0 Å². The molecule has 7 heteroatoms. The molecule has 1 amide bonds. The molecule has 2 N–H and O–H groups in total. The van der Waals surface area contributed by atoms with Crippen LogP contribution >= 0.6 is 11.3 Å². The number of aromatic carboxylic acids is 1. The van der Waals surface area contributed by atoms with Gasteiger partial charge in [-0.1, -0.05) is 0 Å². The molecule has 0 atom stereocenters. The van der Waals surface area contributed by atoms with E-state index in [9.17, 15) is 9.59 Å². The third kappa shape index (κ3) is 3.89. The topological polar surface area (TPSA) is 80.6 Å². The lowest BCUT2D eigenvalue weighted by atomic mass is 10.1. The SMILES string of the molecule is COCCn1c(C)c(C)c2cc(C(=O)NCc3ccc(C(=O)O)s3)ccc21. The number of nitrogens with zero attached hydrogens (tertiary/aromatic N) is 1. The molecule has 2 heterocycles. The molecule has 142 valence electrons. The summed E-state index contributed by atoms with van der Waals surface area (Å²) in [4.78, 5) is 24.5. The number of amides is 1. The first kappa shape index (κ1) is 19.1. The molecule has 3 rings (SSSR count). The molecule has 2 aromatic heterocycles. The summed E-state index contributed by atoms with van der Waals surface area (Å²) >= 11 is 1.17. The van der Waals surface area contributed by atoms with Crippen LogP contribution < -0.4 is 5.32 Å². The van der Waals surface area contributed by atoms with Gasteiger partial charge in [0.2, 0.25) is 0 Å². The molecular formula is C20H22N2O4S. The quantitative estimate of drug-likeness (QED) is 0.650. The second-order valence-electron chi connectivity index (χ2n) is 6.34. The van der Waals surface area contributed by atoms with Gasteiger partial charge in [-0.25, -0.2) is 4.79 Å². The molecular weight excluding hydrogens is 364 g/mol. The molecule has 6 nitrogen and oxygen atoms in total. The van der Waals surface area contributed by atoms with E-state index < -0.39 is 5.97 Å². The van der Waals surface area contributed by atoms with Gasteiger partial charge in [-0.05, 0) is 49.7 Å². The Morgan fingerprint density at radius 1 is 1.22 bits per heavy atom. The molecule has 27 heavy (non-hydrogen) atoms. The van der Waals surface area contributed by atoms with E-state index in [4.69, 9.17) is 9.84 Å². The molecule has 0 unspecified atom stereocenters. The molecule has 0 bridgehead atoms. The van der Waals surface area contributed by atoms with Gasteiger partial charge in [-0.3, -0.25) is 4.79 Å². The van der Waals surface area contributed by atoms with Gasteiger partial charge in [0.15, 0.2) is 0 Å². The van der Waals surface area contributed by atoms with Gasteiger partial charge in [0.25, 0.3) is 5.91 Å². The van der Waals surface area contributed by atoms with Crippen LogP contribution in [0.15, 0.2) is 30.3 Å². The van der Waals surface area contributed by atoms with Crippen LogP contribution in [0.1, 0.15) is 36.2 Å². The van der Waals surface area contributed by atoms with E-state index in [0.717, 1.165) is 27.9 Å². The predicted molar refractivity (Wildman–Crippen MR) is 106 cm³/mol. The second-order valence-corrected chi connectivity index (χ2v) is 7.51. The number of hydrogen-bond donors (Lipinski definition) is 2. The maximum atomic E-state index is 12.5. The Labute approximate surface area is 161 Å². The highest BCUT2D eigenvalue weighted by molar-refractivity contribution is 7.13. The largest absolute Gasteiger partial charge is 0.477 e. The van der Waals surface area contributed by atoms with Gasteiger partial charge in [0, 0.05) is 40.7 Å². The smallest absolute Gasteiger partial charge is 0.345 e. The Balaban J connectivity index is 1.78. The third-order valence-electron chi connectivity index (χ3n) is 4.72. The van der Waals surface area contributed by atoms with Gasteiger partial charge < -0.3 is 19.7 Å². The fraction of sp³-hybridized carbons (Fsp3) is 0.300. The number of nitrogens with one attached hydrogen (secondary N) is 1. The van der Waals surface area contributed by atoms with E-state index in [1.54, 1.807) is 19.2 Å². The molecule has 0 spiro atoms. The maximum Gasteiger partial charge on any atom is 0.345 e. The molecule has 1 aromatic carbocycles. The van der Waals surface area contributed by atoms with Crippen molar-refractivity contribution in [3.63, 3.8) is 0 Å². The number of hydrogen-bond acceptors (Lipinski definition) is 4. The van der Waals surface area contributed by atoms with Crippen LogP contribution in [0, 0.1) is 13.8 Å². The number of aromatic nitrogens is 1. The second kappa shape index (κ2) is 7.94. The van der Waals surface area contributed by atoms with E-state index in [1.165, 1.54) is 17.0 Å². The van der Waals surface area contributed by atoms with Gasteiger partial charge in [-0.2, -0.15) is 0 Å². The first-order valence-electron chi connectivity index (χ1n) is 8.61. The van der Waals surface area contributed by atoms with Crippen LogP contribution in [0.4, 0.5) is 0 Å². The van der Waals surface area contributed by atoms with Crippen molar-refractivity contribution in [1.82, 2.24) is 9.88 Å². The number of fused-ring (bicyclic) bond motifs is 1. The van der Waals surface area contributed by atoms with Crippen LogP contribution in [-0.4, -0.2) is 35.3 Å². The highest BCUT2D eigenvalue weighted by Gasteiger charge is 2.14. The summed E-state index contributed by atoms with van der Waals surface area (Å²) in [6.45, 7) is 5.83. The van der Waals surface area contributed by atoms with Gasteiger partial charge in [0.05, 0.1) is 13.2 Å². The van der Waals surface area contributed by atoms with Gasteiger partial charge >= 0.3 is 5.97 Å². The Morgan fingerprint density at radius 2 is 2.00 bits per heavy atom. The van der Waals surface area contributed by atoms with Gasteiger partial charge in [-0.15, -0.1) is 11.3 Å². The van der Waals surface area contributed by atoms with Crippen LogP contribution in [0.2, 0.25) is 0 Å². The summed E-state index contributed by atoms with van der Waals surface area (Å²) in [5.41, 5.74) is 3.99. The summed E-state index contributed by atoms with van der Waals surface area (Å²) < 4.78 is 7.39. The van der Waals surface area contributed by atoms with E-state index in [2.05, 4.69) is 23.7 Å². The minimum atomic E-state index is -0.952. The Kier molecular flexibility index (Phi) is 5.62. The maximum absolute atomic E-state index is 12.5. The Morgan fingerprint density at radius 3 is 2.67 bits per heavy atom. The van der Waals surface area contributed by atoms with E-state index in [0.29, 0.717) is 18.7 Å². The standard InChI is InChI=1S/C20H22N2O4S/c1-12-13(2)22(8-9-26-3)17-6-4-14(10-16(12)17)19(23)21-11-15-5-7-18(27-15)20(24)25/h4-7,10H,8-9,11H2,1-3H3,(H,21,23)(H,24,25).